The van der Waals surface area contributed by atoms with Crippen molar-refractivity contribution in [1.82, 2.24) is 29.7 Å². The summed E-state index contributed by atoms with van der Waals surface area (Å²) in [7, 11) is 1.84. The number of likely N-dealkylation sites (N-methyl/N-ethyl adjacent to an activating group) is 1. The molecule has 0 saturated carbocycles. The zero-order chi connectivity index (χ0) is 20.4. The molecule has 0 radical (unpaired) electrons. The van der Waals surface area contributed by atoms with E-state index in [-0.39, 0.29) is 23.8 Å². The fourth-order valence-corrected chi connectivity index (χ4v) is 4.28. The van der Waals surface area contributed by atoms with Gasteiger partial charge in [-0.1, -0.05) is 0 Å². The van der Waals surface area contributed by atoms with Crippen LogP contribution in [0.3, 0.4) is 0 Å². The molecule has 0 aromatic carbocycles. The molecule has 2 atom stereocenters. The van der Waals surface area contributed by atoms with Crippen molar-refractivity contribution in [3.05, 3.63) is 42.7 Å². The van der Waals surface area contributed by atoms with E-state index in [0.717, 1.165) is 38.2 Å². The van der Waals surface area contributed by atoms with Crippen molar-refractivity contribution in [3.8, 4) is 5.69 Å². The van der Waals surface area contributed by atoms with E-state index < -0.39 is 0 Å². The SMILES string of the molecule is CC(CNC(=O)c1ccc(-n2ccnc2)cn1)N(C)C(=O)C1CN2CCC1CC2. The minimum atomic E-state index is -0.238. The second kappa shape index (κ2) is 8.32. The first-order valence-electron chi connectivity index (χ1n) is 10.2. The molecule has 0 spiro atoms. The molecule has 5 heterocycles. The Morgan fingerprint density at radius 2 is 2.10 bits per heavy atom. The van der Waals surface area contributed by atoms with Gasteiger partial charge in [0.1, 0.15) is 5.69 Å². The van der Waals surface area contributed by atoms with Crippen molar-refractivity contribution in [3.63, 3.8) is 0 Å². The molecule has 2 aromatic heterocycles. The Morgan fingerprint density at radius 1 is 1.31 bits per heavy atom. The van der Waals surface area contributed by atoms with Gasteiger partial charge in [-0.05, 0) is 50.9 Å². The van der Waals surface area contributed by atoms with Gasteiger partial charge in [0, 0.05) is 38.6 Å². The third-order valence-electron chi connectivity index (χ3n) is 6.32. The maximum absolute atomic E-state index is 13.0. The number of nitrogens with one attached hydrogen (secondary N) is 1. The first kappa shape index (κ1) is 19.6. The maximum Gasteiger partial charge on any atom is 0.269 e. The lowest BCUT2D eigenvalue weighted by Gasteiger charge is -2.45. The molecule has 8 nitrogen and oxygen atoms in total. The van der Waals surface area contributed by atoms with Crippen molar-refractivity contribution in [1.29, 1.82) is 0 Å². The smallest absolute Gasteiger partial charge is 0.269 e. The van der Waals surface area contributed by atoms with Gasteiger partial charge in [0.05, 0.1) is 24.1 Å². The molecular weight excluding hydrogens is 368 g/mol. The number of fused-ring (bicyclic) bond motifs is 3. The van der Waals surface area contributed by atoms with E-state index in [4.69, 9.17) is 0 Å². The molecule has 2 amide bonds. The number of piperidine rings is 3. The molecule has 3 aliphatic rings. The molecule has 2 unspecified atom stereocenters. The van der Waals surface area contributed by atoms with Crippen LogP contribution in [0.4, 0.5) is 0 Å². The molecule has 2 aromatic rings. The van der Waals surface area contributed by atoms with Crippen LogP contribution in [0.25, 0.3) is 5.69 Å². The lowest BCUT2D eigenvalue weighted by molar-refractivity contribution is -0.142. The van der Waals surface area contributed by atoms with Crippen molar-refractivity contribution < 1.29 is 9.59 Å². The Kier molecular flexibility index (Phi) is 5.62. The molecule has 5 rings (SSSR count). The predicted molar refractivity (Wildman–Crippen MR) is 109 cm³/mol. The Labute approximate surface area is 170 Å². The minimum absolute atomic E-state index is 0.0767. The molecule has 1 N–H and O–H groups in total. The molecule has 0 aliphatic carbocycles. The lowest BCUT2D eigenvalue weighted by Crippen LogP contribution is -2.55. The van der Waals surface area contributed by atoms with E-state index in [1.807, 2.05) is 30.8 Å². The van der Waals surface area contributed by atoms with Gasteiger partial charge in [-0.15, -0.1) is 0 Å². The lowest BCUT2D eigenvalue weighted by atomic mass is 9.78. The standard InChI is InChI=1S/C21H28N6O2/c1-15(25(2)21(29)18-13-26-8-5-16(18)6-9-26)11-24-20(28)19-4-3-17(12-23-19)27-10-7-22-14-27/h3-4,7,10,12,14-16,18H,5-6,8-9,11,13H2,1-2H3,(H,24,28). The van der Waals surface area contributed by atoms with Crippen molar-refractivity contribution >= 4 is 11.8 Å². The average molecular weight is 396 g/mol. The summed E-state index contributed by atoms with van der Waals surface area (Å²) in [6.45, 7) is 5.48. The van der Waals surface area contributed by atoms with Crippen LogP contribution in [0, 0.1) is 11.8 Å². The summed E-state index contributed by atoms with van der Waals surface area (Å²) in [6.07, 6.45) is 9.08. The predicted octanol–water partition coefficient (Wildman–Crippen LogP) is 1.19. The van der Waals surface area contributed by atoms with Gasteiger partial charge in [0.15, 0.2) is 0 Å². The van der Waals surface area contributed by atoms with E-state index in [1.54, 1.807) is 29.7 Å². The molecule has 2 bridgehead atoms. The Hall–Kier alpha value is -2.74. The van der Waals surface area contributed by atoms with Crippen LogP contribution in [0.5, 0.6) is 0 Å². The quantitative estimate of drug-likeness (QED) is 0.793. The van der Waals surface area contributed by atoms with Crippen LogP contribution in [-0.4, -0.2) is 75.4 Å². The second-order valence-electron chi connectivity index (χ2n) is 8.12. The summed E-state index contributed by atoms with van der Waals surface area (Å²) in [4.78, 5) is 37.8. The third-order valence-corrected chi connectivity index (χ3v) is 6.32. The van der Waals surface area contributed by atoms with Gasteiger partial charge in [-0.3, -0.25) is 9.59 Å². The summed E-state index contributed by atoms with van der Waals surface area (Å²) in [5.41, 5.74) is 1.20. The van der Waals surface area contributed by atoms with Gasteiger partial charge in [0.25, 0.3) is 5.91 Å². The van der Waals surface area contributed by atoms with Gasteiger partial charge >= 0.3 is 0 Å². The minimum Gasteiger partial charge on any atom is -0.349 e. The van der Waals surface area contributed by atoms with Gasteiger partial charge in [-0.25, -0.2) is 9.97 Å². The van der Waals surface area contributed by atoms with Gasteiger partial charge < -0.3 is 19.7 Å². The van der Waals surface area contributed by atoms with Crippen molar-refractivity contribution in [2.75, 3.05) is 33.2 Å². The van der Waals surface area contributed by atoms with E-state index in [1.165, 1.54) is 0 Å². The number of aromatic nitrogens is 3. The highest BCUT2D eigenvalue weighted by molar-refractivity contribution is 5.92. The monoisotopic (exact) mass is 396 g/mol. The Bertz CT molecular complexity index is 843. The van der Waals surface area contributed by atoms with E-state index in [0.29, 0.717) is 18.2 Å². The van der Waals surface area contributed by atoms with Crippen LogP contribution < -0.4 is 5.32 Å². The highest BCUT2D eigenvalue weighted by Gasteiger charge is 2.40. The van der Waals surface area contributed by atoms with Crippen LogP contribution >= 0.6 is 0 Å². The molecular formula is C21H28N6O2. The number of amides is 2. The van der Waals surface area contributed by atoms with E-state index in [2.05, 4.69) is 20.2 Å². The fourth-order valence-electron chi connectivity index (χ4n) is 4.28. The maximum atomic E-state index is 13.0. The number of hydrogen-bond acceptors (Lipinski definition) is 5. The topological polar surface area (TPSA) is 83.4 Å². The number of carbonyl (C=O) groups is 2. The van der Waals surface area contributed by atoms with Gasteiger partial charge in [-0.2, -0.15) is 0 Å². The highest BCUT2D eigenvalue weighted by atomic mass is 16.2. The highest BCUT2D eigenvalue weighted by Crippen LogP contribution is 2.33. The number of carbonyl (C=O) groups excluding carboxylic acids is 2. The zero-order valence-electron chi connectivity index (χ0n) is 17.0. The van der Waals surface area contributed by atoms with Crippen LogP contribution in [0.1, 0.15) is 30.3 Å². The summed E-state index contributed by atoms with van der Waals surface area (Å²) >= 11 is 0. The first-order chi connectivity index (χ1) is 14.0. The largest absolute Gasteiger partial charge is 0.349 e. The van der Waals surface area contributed by atoms with Crippen LogP contribution in [0.2, 0.25) is 0 Å². The number of hydrogen-bond donors (Lipinski definition) is 1. The normalized spacial score (nSPS) is 24.1. The van der Waals surface area contributed by atoms with E-state index >= 15 is 0 Å². The number of pyridine rings is 1. The molecule has 8 heteroatoms. The zero-order valence-corrected chi connectivity index (χ0v) is 17.0. The van der Waals surface area contributed by atoms with E-state index in [9.17, 15) is 9.59 Å². The average Bonchev–Trinajstić information content (AvgIpc) is 3.32. The van der Waals surface area contributed by atoms with Gasteiger partial charge in [0.2, 0.25) is 5.91 Å². The Morgan fingerprint density at radius 3 is 2.69 bits per heavy atom. The number of rotatable bonds is 6. The molecule has 29 heavy (non-hydrogen) atoms. The summed E-state index contributed by atoms with van der Waals surface area (Å²) in [5, 5.41) is 2.90. The summed E-state index contributed by atoms with van der Waals surface area (Å²) < 4.78 is 1.83. The van der Waals surface area contributed by atoms with Crippen LogP contribution in [-0.2, 0) is 4.79 Å². The molecule has 3 fully saturated rings. The van der Waals surface area contributed by atoms with Crippen LogP contribution in [0.15, 0.2) is 37.1 Å². The molecule has 3 saturated heterocycles. The van der Waals surface area contributed by atoms with Crippen molar-refractivity contribution in [2.24, 2.45) is 11.8 Å². The fraction of sp³-hybridized carbons (Fsp3) is 0.524. The molecule has 3 aliphatic heterocycles. The second-order valence-corrected chi connectivity index (χ2v) is 8.12. The summed E-state index contributed by atoms with van der Waals surface area (Å²) in [6, 6.07) is 3.44. The van der Waals surface area contributed by atoms with Crippen molar-refractivity contribution in [2.45, 2.75) is 25.8 Å². The molecule has 154 valence electrons. The summed E-state index contributed by atoms with van der Waals surface area (Å²) in [5.74, 6) is 0.565. The Balaban J connectivity index is 1.30. The number of nitrogens with zero attached hydrogens (tertiary/aromatic N) is 5. The third kappa shape index (κ3) is 4.17. The first-order valence-corrected chi connectivity index (χ1v) is 10.2. The number of imidazole rings is 1.